The van der Waals surface area contributed by atoms with Crippen molar-refractivity contribution >= 4 is 27.0 Å². The van der Waals surface area contributed by atoms with Crippen LogP contribution in [0.25, 0.3) is 16.8 Å². The molecule has 9 nitrogen and oxygen atoms in total. The number of rotatable bonds is 6. The molecule has 0 unspecified atom stereocenters. The van der Waals surface area contributed by atoms with Gasteiger partial charge >= 0.3 is 0 Å². The number of benzene rings is 1. The van der Waals surface area contributed by atoms with E-state index in [-0.39, 0.29) is 47.8 Å². The van der Waals surface area contributed by atoms with Crippen LogP contribution in [0.5, 0.6) is 0 Å². The van der Waals surface area contributed by atoms with Gasteiger partial charge in [0.25, 0.3) is 0 Å². The zero-order chi connectivity index (χ0) is 29.1. The van der Waals surface area contributed by atoms with Crippen molar-refractivity contribution < 1.29 is 26.3 Å². The summed E-state index contributed by atoms with van der Waals surface area (Å²) in [7, 11) is -3.30. The molecule has 2 fully saturated rings. The lowest BCUT2D eigenvalue weighted by Gasteiger charge is -2.38. The molecule has 6 rings (SSSR count). The number of imidazole rings is 1. The van der Waals surface area contributed by atoms with Crippen LogP contribution in [0.4, 0.5) is 24.8 Å². The highest BCUT2D eigenvalue weighted by Crippen LogP contribution is 2.41. The predicted molar refractivity (Wildman–Crippen MR) is 147 cm³/mol. The average molecular weight is 587 g/mol. The highest BCUT2D eigenvalue weighted by Gasteiger charge is 2.42. The lowest BCUT2D eigenvalue weighted by Crippen LogP contribution is -2.48. The molecular formula is C28H29F3N6O3S. The van der Waals surface area contributed by atoms with Crippen molar-refractivity contribution in [2.24, 2.45) is 11.7 Å². The molecule has 2 aliphatic rings. The Balaban J connectivity index is 1.32. The van der Waals surface area contributed by atoms with Crippen LogP contribution in [0.1, 0.15) is 36.8 Å². The Kier molecular flexibility index (Phi) is 6.78. The zero-order valence-corrected chi connectivity index (χ0v) is 23.2. The summed E-state index contributed by atoms with van der Waals surface area (Å²) in [6.45, 7) is 1.40. The molecule has 0 bridgehead atoms. The Hall–Kier alpha value is -3.55. The first kappa shape index (κ1) is 27.6. The molecule has 4 aromatic rings. The summed E-state index contributed by atoms with van der Waals surface area (Å²) in [6, 6.07) is 6.40. The lowest BCUT2D eigenvalue weighted by atomic mass is 9.76. The molecule has 3 aromatic heterocycles. The van der Waals surface area contributed by atoms with Crippen molar-refractivity contribution in [3.63, 3.8) is 0 Å². The van der Waals surface area contributed by atoms with Gasteiger partial charge in [-0.1, -0.05) is 6.92 Å². The van der Waals surface area contributed by atoms with Crippen LogP contribution in [-0.4, -0.2) is 58.8 Å². The summed E-state index contributed by atoms with van der Waals surface area (Å²) in [5.41, 5.74) is 6.05. The first-order valence-corrected chi connectivity index (χ1v) is 15.2. The Morgan fingerprint density at radius 1 is 1.12 bits per heavy atom. The molecule has 1 saturated heterocycles. The first-order valence-electron chi connectivity index (χ1n) is 13.2. The largest absolute Gasteiger partial charge is 0.374 e. The number of ether oxygens (including phenoxy) is 1. The van der Waals surface area contributed by atoms with Gasteiger partial charge in [-0.25, -0.2) is 26.6 Å². The van der Waals surface area contributed by atoms with Crippen LogP contribution in [0.3, 0.4) is 0 Å². The summed E-state index contributed by atoms with van der Waals surface area (Å²) in [5.74, 6) is -1.76. The molecule has 3 N–H and O–H groups in total. The summed E-state index contributed by atoms with van der Waals surface area (Å²) in [4.78, 5) is 8.64. The highest BCUT2D eigenvalue weighted by atomic mass is 32.2. The minimum Gasteiger partial charge on any atom is -0.374 e. The van der Waals surface area contributed by atoms with Gasteiger partial charge in [-0.05, 0) is 66.1 Å². The number of aromatic nitrogens is 4. The van der Waals surface area contributed by atoms with E-state index < -0.39 is 38.4 Å². The SMILES string of the molecule is C[C@H]1C[C@@H](c2ccncc2Nc2ncc3ccc(-c4c(F)cc(C5(F)COC5)cc4F)nn23)C[C@@H](N)[C@H]1S(C)(=O)=O. The van der Waals surface area contributed by atoms with E-state index in [4.69, 9.17) is 10.5 Å². The summed E-state index contributed by atoms with van der Waals surface area (Å²) in [6.07, 6.45) is 7.18. The smallest absolute Gasteiger partial charge is 0.229 e. The zero-order valence-electron chi connectivity index (χ0n) is 22.4. The molecule has 216 valence electrons. The molecule has 4 heterocycles. The van der Waals surface area contributed by atoms with Gasteiger partial charge in [0.15, 0.2) is 15.5 Å². The van der Waals surface area contributed by atoms with E-state index in [0.29, 0.717) is 24.0 Å². The fraction of sp³-hybridized carbons (Fsp3) is 0.393. The molecular weight excluding hydrogens is 557 g/mol. The van der Waals surface area contributed by atoms with E-state index in [2.05, 4.69) is 20.4 Å². The quantitative estimate of drug-likeness (QED) is 0.344. The van der Waals surface area contributed by atoms with Gasteiger partial charge in [0.1, 0.15) is 11.6 Å². The third-order valence-electron chi connectivity index (χ3n) is 8.09. The van der Waals surface area contributed by atoms with Crippen molar-refractivity contribution in [3.05, 3.63) is 71.7 Å². The van der Waals surface area contributed by atoms with Crippen LogP contribution in [0.15, 0.2) is 48.9 Å². The fourth-order valence-electron chi connectivity index (χ4n) is 6.17. The van der Waals surface area contributed by atoms with E-state index in [1.54, 1.807) is 24.7 Å². The third-order valence-corrected chi connectivity index (χ3v) is 9.90. The molecule has 1 aromatic carbocycles. The van der Waals surface area contributed by atoms with Crippen LogP contribution >= 0.6 is 0 Å². The lowest BCUT2D eigenvalue weighted by molar-refractivity contribution is -0.135. The number of nitrogens with zero attached hydrogens (tertiary/aromatic N) is 4. The van der Waals surface area contributed by atoms with Crippen molar-refractivity contribution in [2.75, 3.05) is 24.8 Å². The normalized spacial score (nSPS) is 24.2. The Morgan fingerprint density at radius 3 is 2.49 bits per heavy atom. The molecule has 1 aliphatic carbocycles. The Labute approximate surface area is 234 Å². The summed E-state index contributed by atoms with van der Waals surface area (Å²) in [5, 5.41) is 7.06. The van der Waals surface area contributed by atoms with Gasteiger partial charge in [-0.15, -0.1) is 0 Å². The van der Waals surface area contributed by atoms with Crippen molar-refractivity contribution in [2.45, 2.75) is 42.6 Å². The van der Waals surface area contributed by atoms with E-state index >= 15 is 8.78 Å². The molecule has 41 heavy (non-hydrogen) atoms. The van der Waals surface area contributed by atoms with Gasteiger partial charge < -0.3 is 15.8 Å². The molecule has 0 amide bonds. The maximum absolute atomic E-state index is 15.1. The van der Waals surface area contributed by atoms with Gasteiger partial charge in [-0.2, -0.15) is 9.61 Å². The second-order valence-corrected chi connectivity index (χ2v) is 13.3. The van der Waals surface area contributed by atoms with Gasteiger partial charge in [0.05, 0.1) is 53.3 Å². The van der Waals surface area contributed by atoms with E-state index in [1.807, 2.05) is 13.0 Å². The van der Waals surface area contributed by atoms with Gasteiger partial charge in [0, 0.05) is 18.5 Å². The number of fused-ring (bicyclic) bond motifs is 1. The molecule has 4 atom stereocenters. The Morgan fingerprint density at radius 2 is 1.85 bits per heavy atom. The fourth-order valence-corrected chi connectivity index (χ4v) is 7.87. The maximum atomic E-state index is 15.1. The van der Waals surface area contributed by atoms with Crippen molar-refractivity contribution in [3.8, 4) is 11.3 Å². The number of nitrogens with one attached hydrogen (secondary N) is 1. The van der Waals surface area contributed by atoms with E-state index in [0.717, 1.165) is 17.7 Å². The third kappa shape index (κ3) is 4.95. The van der Waals surface area contributed by atoms with Crippen LogP contribution in [0.2, 0.25) is 0 Å². The second-order valence-electron chi connectivity index (χ2n) is 11.1. The number of pyridine rings is 1. The topological polar surface area (TPSA) is 124 Å². The van der Waals surface area contributed by atoms with Crippen LogP contribution in [0, 0.1) is 17.6 Å². The number of halogens is 3. The summed E-state index contributed by atoms with van der Waals surface area (Å²) < 4.78 is 75.8. The average Bonchev–Trinajstić information content (AvgIpc) is 3.28. The maximum Gasteiger partial charge on any atom is 0.229 e. The number of sulfone groups is 1. The van der Waals surface area contributed by atoms with Gasteiger partial charge in [0.2, 0.25) is 5.95 Å². The standard InChI is InChI=1S/C28H29F3N6O3S/c1-15-7-16(8-22(32)26(15)41(2,38)39)19-5-6-33-12-24(19)35-27-34-11-18-3-4-23(36-37(18)27)25-20(29)9-17(10-21(25)30)28(31)13-40-14-28/h3-6,9-12,15-16,22,26H,7-8,13-14,32H2,1-2H3,(H,34,35)/t15-,16+,22+,26-/m0/s1. The monoisotopic (exact) mass is 586 g/mol. The number of alkyl halides is 1. The highest BCUT2D eigenvalue weighted by molar-refractivity contribution is 7.91. The van der Waals surface area contributed by atoms with Crippen molar-refractivity contribution in [1.29, 1.82) is 0 Å². The number of hydrogen-bond acceptors (Lipinski definition) is 8. The number of hydrogen-bond donors (Lipinski definition) is 2. The molecule has 0 radical (unpaired) electrons. The molecule has 1 aliphatic heterocycles. The summed E-state index contributed by atoms with van der Waals surface area (Å²) >= 11 is 0. The Bertz CT molecular complexity index is 1710. The van der Waals surface area contributed by atoms with Crippen LogP contribution < -0.4 is 11.1 Å². The minimum atomic E-state index is -3.30. The van der Waals surface area contributed by atoms with E-state index in [1.165, 1.54) is 16.8 Å². The minimum absolute atomic E-state index is 0.00294. The molecule has 13 heteroatoms. The van der Waals surface area contributed by atoms with Gasteiger partial charge in [-0.3, -0.25) is 4.98 Å². The van der Waals surface area contributed by atoms with Crippen LogP contribution in [-0.2, 0) is 20.2 Å². The number of nitrogens with two attached hydrogens (primary N) is 1. The molecule has 1 saturated carbocycles. The number of anilines is 2. The molecule has 0 spiro atoms. The first-order chi connectivity index (χ1) is 19.4. The second kappa shape index (κ2) is 10.1. The predicted octanol–water partition coefficient (Wildman–Crippen LogP) is 4.26. The van der Waals surface area contributed by atoms with Crippen molar-refractivity contribution in [1.82, 2.24) is 19.6 Å². The van der Waals surface area contributed by atoms with E-state index in [9.17, 15) is 12.8 Å².